The average molecular weight is 420 g/mol. The Morgan fingerprint density at radius 1 is 0.900 bits per heavy atom. The Kier molecular flexibility index (Phi) is 5.29. The standard InChI is InChI=1S/C23H20N2O4S/c1-28-19-12-17(13-20(14-19)30(2,26)27)25-23-15-18(10-11-24-23)29-22-9-5-7-16-6-3-4-8-21(16)22/h3-15H,1-2H3,(H,24,25). The quantitative estimate of drug-likeness (QED) is 0.463. The van der Waals surface area contributed by atoms with Crippen LogP contribution in [-0.4, -0.2) is 26.8 Å². The molecule has 7 heteroatoms. The van der Waals surface area contributed by atoms with E-state index in [1.54, 1.807) is 24.4 Å². The number of sulfone groups is 1. The van der Waals surface area contributed by atoms with Crippen LogP contribution in [0.5, 0.6) is 17.2 Å². The van der Waals surface area contributed by atoms with Crippen molar-refractivity contribution in [2.75, 3.05) is 18.7 Å². The van der Waals surface area contributed by atoms with E-state index in [0.717, 1.165) is 22.8 Å². The molecule has 1 aromatic heterocycles. The van der Waals surface area contributed by atoms with Crippen molar-refractivity contribution in [1.29, 1.82) is 0 Å². The topological polar surface area (TPSA) is 77.5 Å². The molecule has 30 heavy (non-hydrogen) atoms. The average Bonchev–Trinajstić information content (AvgIpc) is 2.73. The lowest BCUT2D eigenvalue weighted by atomic mass is 10.1. The molecule has 6 nitrogen and oxygen atoms in total. The number of anilines is 2. The highest BCUT2D eigenvalue weighted by atomic mass is 32.2. The summed E-state index contributed by atoms with van der Waals surface area (Å²) >= 11 is 0. The summed E-state index contributed by atoms with van der Waals surface area (Å²) in [4.78, 5) is 4.46. The van der Waals surface area contributed by atoms with Gasteiger partial charge in [0.15, 0.2) is 9.84 Å². The van der Waals surface area contributed by atoms with Crippen LogP contribution in [0, 0.1) is 0 Å². The molecule has 4 aromatic rings. The molecule has 0 fully saturated rings. The number of aromatic nitrogens is 1. The van der Waals surface area contributed by atoms with Crippen LogP contribution in [0.4, 0.5) is 11.5 Å². The molecule has 0 bridgehead atoms. The predicted molar refractivity (Wildman–Crippen MR) is 118 cm³/mol. The zero-order valence-corrected chi connectivity index (χ0v) is 17.3. The highest BCUT2D eigenvalue weighted by Crippen LogP contribution is 2.31. The lowest BCUT2D eigenvalue weighted by molar-refractivity contribution is 0.413. The summed E-state index contributed by atoms with van der Waals surface area (Å²) in [6.45, 7) is 0. The Bertz CT molecular complexity index is 1310. The highest BCUT2D eigenvalue weighted by molar-refractivity contribution is 7.90. The first kappa shape index (κ1) is 19.7. The molecule has 0 saturated carbocycles. The molecule has 0 unspecified atom stereocenters. The number of ether oxygens (including phenoxy) is 2. The fourth-order valence-corrected chi connectivity index (χ4v) is 3.75. The van der Waals surface area contributed by atoms with Crippen molar-refractivity contribution in [2.24, 2.45) is 0 Å². The van der Waals surface area contributed by atoms with E-state index in [-0.39, 0.29) is 4.90 Å². The SMILES string of the molecule is COc1cc(Nc2cc(Oc3cccc4ccccc34)ccn2)cc(S(C)(=O)=O)c1. The van der Waals surface area contributed by atoms with Gasteiger partial charge in [-0.2, -0.15) is 0 Å². The fourth-order valence-electron chi connectivity index (χ4n) is 3.08. The molecule has 0 atom stereocenters. The number of methoxy groups -OCH3 is 1. The third-order valence-electron chi connectivity index (χ3n) is 4.53. The second-order valence-electron chi connectivity index (χ2n) is 6.75. The van der Waals surface area contributed by atoms with Gasteiger partial charge in [0.1, 0.15) is 23.1 Å². The smallest absolute Gasteiger partial charge is 0.175 e. The number of fused-ring (bicyclic) bond motifs is 1. The third-order valence-corrected chi connectivity index (χ3v) is 5.62. The molecule has 152 valence electrons. The molecule has 4 rings (SSSR count). The molecule has 0 radical (unpaired) electrons. The molecule has 0 saturated heterocycles. The Morgan fingerprint density at radius 2 is 1.70 bits per heavy atom. The van der Waals surface area contributed by atoms with E-state index in [2.05, 4.69) is 10.3 Å². The normalized spacial score (nSPS) is 11.3. The van der Waals surface area contributed by atoms with Gasteiger partial charge in [-0.3, -0.25) is 0 Å². The van der Waals surface area contributed by atoms with Gasteiger partial charge >= 0.3 is 0 Å². The Hall–Kier alpha value is -3.58. The molecular weight excluding hydrogens is 400 g/mol. The van der Waals surface area contributed by atoms with Crippen LogP contribution in [0.25, 0.3) is 10.8 Å². The van der Waals surface area contributed by atoms with Crippen molar-refractivity contribution >= 4 is 32.1 Å². The monoisotopic (exact) mass is 420 g/mol. The zero-order valence-electron chi connectivity index (χ0n) is 16.5. The first-order valence-electron chi connectivity index (χ1n) is 9.20. The van der Waals surface area contributed by atoms with E-state index in [4.69, 9.17) is 9.47 Å². The van der Waals surface area contributed by atoms with E-state index >= 15 is 0 Å². The van der Waals surface area contributed by atoms with E-state index < -0.39 is 9.84 Å². The van der Waals surface area contributed by atoms with Crippen LogP contribution >= 0.6 is 0 Å². The van der Waals surface area contributed by atoms with Gasteiger partial charge in [-0.15, -0.1) is 0 Å². The van der Waals surface area contributed by atoms with Crippen LogP contribution in [0.2, 0.25) is 0 Å². The summed E-state index contributed by atoms with van der Waals surface area (Å²) in [5.74, 6) is 2.30. The number of hydrogen-bond donors (Lipinski definition) is 1. The van der Waals surface area contributed by atoms with Gasteiger partial charge in [0.05, 0.1) is 12.0 Å². The van der Waals surface area contributed by atoms with Gasteiger partial charge in [-0.05, 0) is 29.7 Å². The molecule has 0 spiro atoms. The third kappa shape index (κ3) is 4.36. The van der Waals surface area contributed by atoms with Crippen molar-refractivity contribution in [1.82, 2.24) is 4.98 Å². The molecule has 0 aliphatic rings. The molecular formula is C23H20N2O4S. The number of nitrogens with zero attached hydrogens (tertiary/aromatic N) is 1. The fraction of sp³-hybridized carbons (Fsp3) is 0.0870. The van der Waals surface area contributed by atoms with Gasteiger partial charge < -0.3 is 14.8 Å². The molecule has 0 aliphatic heterocycles. The number of nitrogens with one attached hydrogen (secondary N) is 1. The van der Waals surface area contributed by atoms with Crippen molar-refractivity contribution in [2.45, 2.75) is 4.90 Å². The zero-order chi connectivity index (χ0) is 21.1. The van der Waals surface area contributed by atoms with E-state index in [9.17, 15) is 8.42 Å². The minimum Gasteiger partial charge on any atom is -0.497 e. The highest BCUT2D eigenvalue weighted by Gasteiger charge is 2.12. The summed E-state index contributed by atoms with van der Waals surface area (Å²) in [7, 11) is -1.90. The number of rotatable bonds is 6. The second kappa shape index (κ2) is 8.04. The molecule has 0 amide bonds. The van der Waals surface area contributed by atoms with Crippen LogP contribution in [0.3, 0.4) is 0 Å². The van der Waals surface area contributed by atoms with E-state index in [0.29, 0.717) is 23.0 Å². The summed E-state index contributed by atoms with van der Waals surface area (Å²) in [6, 6.07) is 22.1. The van der Waals surface area contributed by atoms with Gasteiger partial charge in [-0.25, -0.2) is 13.4 Å². The van der Waals surface area contributed by atoms with Crippen molar-refractivity contribution < 1.29 is 17.9 Å². The Balaban J connectivity index is 1.63. The summed E-state index contributed by atoms with van der Waals surface area (Å²) < 4.78 is 35.2. The van der Waals surface area contributed by atoms with Crippen LogP contribution in [-0.2, 0) is 9.84 Å². The maximum Gasteiger partial charge on any atom is 0.175 e. The van der Waals surface area contributed by atoms with Crippen LogP contribution in [0.1, 0.15) is 0 Å². The van der Waals surface area contributed by atoms with Crippen molar-refractivity contribution in [3.63, 3.8) is 0 Å². The summed E-state index contributed by atoms with van der Waals surface area (Å²) in [5, 5.41) is 5.22. The lowest BCUT2D eigenvalue weighted by Gasteiger charge is -2.12. The maximum atomic E-state index is 12.0. The van der Waals surface area contributed by atoms with E-state index in [1.807, 2.05) is 42.5 Å². The minimum absolute atomic E-state index is 0.160. The molecule has 1 heterocycles. The Morgan fingerprint density at radius 3 is 2.50 bits per heavy atom. The number of pyridine rings is 1. The van der Waals surface area contributed by atoms with Gasteiger partial charge in [0, 0.05) is 35.7 Å². The first-order chi connectivity index (χ1) is 14.4. The van der Waals surface area contributed by atoms with Gasteiger partial charge in [0.25, 0.3) is 0 Å². The molecule has 0 aliphatic carbocycles. The predicted octanol–water partition coefficient (Wildman–Crippen LogP) is 5.18. The number of hydrogen-bond acceptors (Lipinski definition) is 6. The molecule has 1 N–H and O–H groups in total. The first-order valence-corrected chi connectivity index (χ1v) is 11.1. The van der Waals surface area contributed by atoms with E-state index in [1.165, 1.54) is 19.2 Å². The van der Waals surface area contributed by atoms with Gasteiger partial charge in [0.2, 0.25) is 0 Å². The molecule has 3 aromatic carbocycles. The lowest BCUT2D eigenvalue weighted by Crippen LogP contribution is -2.01. The minimum atomic E-state index is -3.38. The largest absolute Gasteiger partial charge is 0.497 e. The Labute approximate surface area is 175 Å². The summed E-state index contributed by atoms with van der Waals surface area (Å²) in [6.07, 6.45) is 2.78. The number of benzene rings is 3. The van der Waals surface area contributed by atoms with Crippen LogP contribution in [0.15, 0.2) is 83.9 Å². The van der Waals surface area contributed by atoms with Crippen LogP contribution < -0.4 is 14.8 Å². The maximum absolute atomic E-state index is 12.0. The van der Waals surface area contributed by atoms with Crippen molar-refractivity contribution in [3.05, 3.63) is 79.0 Å². The van der Waals surface area contributed by atoms with Crippen molar-refractivity contribution in [3.8, 4) is 17.2 Å². The second-order valence-corrected chi connectivity index (χ2v) is 8.77. The van der Waals surface area contributed by atoms with Gasteiger partial charge in [-0.1, -0.05) is 36.4 Å². The summed E-state index contributed by atoms with van der Waals surface area (Å²) in [5.41, 5.74) is 0.546.